The first-order valence-corrected chi connectivity index (χ1v) is 6.82. The van der Waals surface area contributed by atoms with Crippen molar-refractivity contribution in [1.82, 2.24) is 10.2 Å². The van der Waals surface area contributed by atoms with Crippen LogP contribution < -0.4 is 5.32 Å². The lowest BCUT2D eigenvalue weighted by molar-refractivity contribution is 0.238. The lowest BCUT2D eigenvalue weighted by Crippen LogP contribution is -2.32. The smallest absolute Gasteiger partial charge is 0.163 e. The molecule has 2 unspecified atom stereocenters. The first kappa shape index (κ1) is 16.1. The highest BCUT2D eigenvalue weighted by molar-refractivity contribution is 5.22. The van der Waals surface area contributed by atoms with E-state index in [1.165, 1.54) is 0 Å². The van der Waals surface area contributed by atoms with Crippen LogP contribution in [0.5, 0.6) is 0 Å². The molecular weight excluding hydrogens is 246 g/mol. The molecule has 0 bridgehead atoms. The zero-order valence-electron chi connectivity index (χ0n) is 12.2. The van der Waals surface area contributed by atoms with Crippen LogP contribution in [0.2, 0.25) is 0 Å². The Morgan fingerprint density at radius 1 is 1.32 bits per heavy atom. The highest BCUT2D eigenvalue weighted by Gasteiger charge is 2.18. The molecule has 4 heteroatoms. The Morgan fingerprint density at radius 3 is 2.58 bits per heavy atom. The third-order valence-corrected chi connectivity index (χ3v) is 3.82. The van der Waals surface area contributed by atoms with Crippen molar-refractivity contribution in [3.63, 3.8) is 0 Å². The summed E-state index contributed by atoms with van der Waals surface area (Å²) in [7, 11) is 3.83. The number of hydrogen-bond donors (Lipinski definition) is 1. The Labute approximate surface area is 114 Å². The van der Waals surface area contributed by atoms with Crippen molar-refractivity contribution in [3.8, 4) is 0 Å². The van der Waals surface area contributed by atoms with Crippen molar-refractivity contribution in [2.75, 3.05) is 20.6 Å². The molecule has 1 rings (SSSR count). The molecule has 1 aromatic rings. The summed E-state index contributed by atoms with van der Waals surface area (Å²) in [5.41, 5.74) is 0.403. The van der Waals surface area contributed by atoms with E-state index in [0.29, 0.717) is 11.6 Å². The zero-order chi connectivity index (χ0) is 14.4. The molecule has 0 aliphatic carbocycles. The lowest BCUT2D eigenvalue weighted by Gasteiger charge is -2.26. The maximum absolute atomic E-state index is 13.8. The van der Waals surface area contributed by atoms with Crippen LogP contribution in [-0.4, -0.2) is 31.6 Å². The average molecular weight is 270 g/mol. The van der Waals surface area contributed by atoms with E-state index in [-0.39, 0.29) is 6.04 Å². The topological polar surface area (TPSA) is 15.3 Å². The molecule has 0 spiro atoms. The van der Waals surface area contributed by atoms with E-state index >= 15 is 0 Å². The molecule has 2 atom stereocenters. The summed E-state index contributed by atoms with van der Waals surface area (Å²) in [5.74, 6) is -1.53. The number of rotatable bonds is 7. The average Bonchev–Trinajstić information content (AvgIpc) is 2.42. The minimum Gasteiger partial charge on any atom is -0.313 e. The molecule has 0 heterocycles. The summed E-state index contributed by atoms with van der Waals surface area (Å²) in [5, 5.41) is 3.07. The number of nitrogens with one attached hydrogen (secondary N) is 1. The maximum Gasteiger partial charge on any atom is 0.163 e. The lowest BCUT2D eigenvalue weighted by atomic mass is 10.0. The molecular formula is C15H24F2N2. The Balaban J connectivity index is 2.71. The minimum absolute atomic E-state index is 0.165. The van der Waals surface area contributed by atoms with Crippen molar-refractivity contribution in [3.05, 3.63) is 35.4 Å². The molecule has 0 aliphatic rings. The monoisotopic (exact) mass is 270 g/mol. The normalized spacial score (nSPS) is 14.7. The van der Waals surface area contributed by atoms with Gasteiger partial charge in [-0.1, -0.05) is 19.1 Å². The number of halogens is 2. The maximum atomic E-state index is 13.8. The molecule has 0 fully saturated rings. The van der Waals surface area contributed by atoms with Gasteiger partial charge in [-0.3, -0.25) is 0 Å². The zero-order valence-corrected chi connectivity index (χ0v) is 12.2. The highest BCUT2D eigenvalue weighted by atomic mass is 19.2. The molecule has 1 N–H and O–H groups in total. The molecule has 0 amide bonds. The van der Waals surface area contributed by atoms with Gasteiger partial charge in [0.15, 0.2) is 11.6 Å². The van der Waals surface area contributed by atoms with Crippen molar-refractivity contribution < 1.29 is 8.78 Å². The summed E-state index contributed by atoms with van der Waals surface area (Å²) in [6.45, 7) is 5.15. The van der Waals surface area contributed by atoms with Crippen LogP contribution in [0.15, 0.2) is 18.2 Å². The van der Waals surface area contributed by atoms with Gasteiger partial charge in [0.05, 0.1) is 0 Å². The van der Waals surface area contributed by atoms with Crippen LogP contribution in [0, 0.1) is 11.6 Å². The van der Waals surface area contributed by atoms with Gasteiger partial charge < -0.3 is 10.2 Å². The second kappa shape index (κ2) is 7.56. The van der Waals surface area contributed by atoms with Gasteiger partial charge in [-0.15, -0.1) is 0 Å². The van der Waals surface area contributed by atoms with Gasteiger partial charge in [0.25, 0.3) is 0 Å². The Kier molecular flexibility index (Phi) is 6.38. The van der Waals surface area contributed by atoms with E-state index in [1.807, 2.05) is 0 Å². The van der Waals surface area contributed by atoms with Crippen LogP contribution in [-0.2, 0) is 0 Å². The quantitative estimate of drug-likeness (QED) is 0.817. The van der Waals surface area contributed by atoms with Crippen LogP contribution in [0.4, 0.5) is 8.78 Å². The summed E-state index contributed by atoms with van der Waals surface area (Å²) in [6, 6.07) is 4.67. The fourth-order valence-electron chi connectivity index (χ4n) is 2.11. The van der Waals surface area contributed by atoms with Gasteiger partial charge in [0, 0.05) is 17.6 Å². The number of hydrogen-bond acceptors (Lipinski definition) is 2. The summed E-state index contributed by atoms with van der Waals surface area (Å²) >= 11 is 0. The Morgan fingerprint density at radius 2 is 2.00 bits per heavy atom. The standard InChI is InChI=1S/C15H24F2N2/c1-5-11(2)19(4)10-9-14(18-3)12-7-6-8-13(16)15(12)17/h6-8,11,14,18H,5,9-10H2,1-4H3. The van der Waals surface area contributed by atoms with Crippen LogP contribution in [0.25, 0.3) is 0 Å². The van der Waals surface area contributed by atoms with Gasteiger partial charge in [-0.25, -0.2) is 8.78 Å². The Bertz CT molecular complexity index is 396. The highest BCUT2D eigenvalue weighted by Crippen LogP contribution is 2.22. The molecule has 0 saturated carbocycles. The molecule has 1 aromatic carbocycles. The van der Waals surface area contributed by atoms with Gasteiger partial charge in [0.2, 0.25) is 0 Å². The molecule has 0 aliphatic heterocycles. The fourth-order valence-corrected chi connectivity index (χ4v) is 2.11. The predicted octanol–water partition coefficient (Wildman–Crippen LogP) is 3.35. The summed E-state index contributed by atoms with van der Waals surface area (Å²) in [4.78, 5) is 2.24. The van der Waals surface area contributed by atoms with Gasteiger partial charge in [-0.2, -0.15) is 0 Å². The molecule has 0 aromatic heterocycles. The predicted molar refractivity (Wildman–Crippen MR) is 75.2 cm³/mol. The molecule has 2 nitrogen and oxygen atoms in total. The minimum atomic E-state index is -0.784. The summed E-state index contributed by atoms with van der Waals surface area (Å²) in [6.07, 6.45) is 1.83. The van der Waals surface area contributed by atoms with Crippen molar-refractivity contribution >= 4 is 0 Å². The van der Waals surface area contributed by atoms with Crippen LogP contribution >= 0.6 is 0 Å². The van der Waals surface area contributed by atoms with Gasteiger partial charge in [0.1, 0.15) is 0 Å². The summed E-state index contributed by atoms with van der Waals surface area (Å²) < 4.78 is 27.0. The first-order valence-electron chi connectivity index (χ1n) is 6.82. The van der Waals surface area contributed by atoms with E-state index in [2.05, 4.69) is 31.1 Å². The van der Waals surface area contributed by atoms with Gasteiger partial charge in [-0.05, 0) is 46.5 Å². The fraction of sp³-hybridized carbons (Fsp3) is 0.600. The SMILES string of the molecule is CCC(C)N(C)CCC(NC)c1cccc(F)c1F. The van der Waals surface area contributed by atoms with Crippen molar-refractivity contribution in [2.24, 2.45) is 0 Å². The first-order chi connectivity index (χ1) is 9.01. The van der Waals surface area contributed by atoms with E-state index < -0.39 is 11.6 Å². The van der Waals surface area contributed by atoms with Crippen molar-refractivity contribution in [1.29, 1.82) is 0 Å². The van der Waals surface area contributed by atoms with Crippen LogP contribution in [0.1, 0.15) is 38.3 Å². The van der Waals surface area contributed by atoms with Crippen molar-refractivity contribution in [2.45, 2.75) is 38.8 Å². The van der Waals surface area contributed by atoms with E-state index in [1.54, 1.807) is 19.2 Å². The number of nitrogens with zero attached hydrogens (tertiary/aromatic N) is 1. The molecule has 0 saturated heterocycles. The number of benzene rings is 1. The van der Waals surface area contributed by atoms with E-state index in [0.717, 1.165) is 25.5 Å². The molecule has 108 valence electrons. The molecule has 19 heavy (non-hydrogen) atoms. The third kappa shape index (κ3) is 4.25. The largest absolute Gasteiger partial charge is 0.313 e. The van der Waals surface area contributed by atoms with E-state index in [9.17, 15) is 8.78 Å². The van der Waals surface area contributed by atoms with E-state index in [4.69, 9.17) is 0 Å². The third-order valence-electron chi connectivity index (χ3n) is 3.82. The van der Waals surface area contributed by atoms with Crippen LogP contribution in [0.3, 0.4) is 0 Å². The second-order valence-electron chi connectivity index (χ2n) is 5.01. The second-order valence-corrected chi connectivity index (χ2v) is 5.01. The Hall–Kier alpha value is -1.00. The molecule has 0 radical (unpaired) electrons. The van der Waals surface area contributed by atoms with Gasteiger partial charge >= 0.3 is 0 Å².